The van der Waals surface area contributed by atoms with E-state index in [4.69, 9.17) is 9.47 Å². The Bertz CT molecular complexity index is 570. The van der Waals surface area contributed by atoms with Gasteiger partial charge in [0.2, 0.25) is 12.7 Å². The topological polar surface area (TPSA) is 59.0 Å². The van der Waals surface area contributed by atoms with Gasteiger partial charge in [-0.3, -0.25) is 4.79 Å². The molecule has 1 aromatic rings. The van der Waals surface area contributed by atoms with E-state index in [1.165, 1.54) is 0 Å². The molecule has 1 saturated heterocycles. The first kappa shape index (κ1) is 15.2. The number of fused-ring (bicyclic) bond motifs is 1. The van der Waals surface area contributed by atoms with Crippen molar-refractivity contribution in [2.45, 2.75) is 38.7 Å². The summed E-state index contributed by atoms with van der Waals surface area (Å²) >= 11 is 0. The second-order valence-electron chi connectivity index (χ2n) is 6.42. The quantitative estimate of drug-likeness (QED) is 0.927. The Kier molecular flexibility index (Phi) is 4.00. The summed E-state index contributed by atoms with van der Waals surface area (Å²) in [7, 11) is 0. The number of ether oxygens (including phenoxy) is 2. The number of piperidine rings is 1. The third-order valence-corrected chi connectivity index (χ3v) is 4.85. The van der Waals surface area contributed by atoms with E-state index in [2.05, 4.69) is 6.92 Å². The van der Waals surface area contributed by atoms with Crippen molar-refractivity contribution in [1.29, 1.82) is 0 Å². The minimum Gasteiger partial charge on any atom is -0.454 e. The SMILES string of the molecule is CC[C@H]1CN(C(=O)Cc2ccc3c(c2)OCO3)CC[C@@]1(C)O. The van der Waals surface area contributed by atoms with Gasteiger partial charge < -0.3 is 19.5 Å². The van der Waals surface area contributed by atoms with Gasteiger partial charge in [-0.1, -0.05) is 13.0 Å². The Morgan fingerprint density at radius 1 is 1.41 bits per heavy atom. The maximum atomic E-state index is 12.5. The standard InChI is InChI=1S/C17H23NO4/c1-3-13-10-18(7-6-17(13,2)20)16(19)9-12-4-5-14-15(8-12)22-11-21-14/h4-5,8,13,20H,3,6-7,9-11H2,1-2H3/t13-,17+/m0/s1. The van der Waals surface area contributed by atoms with E-state index < -0.39 is 5.60 Å². The minimum atomic E-state index is -0.662. The number of nitrogens with zero attached hydrogens (tertiary/aromatic N) is 1. The number of amides is 1. The van der Waals surface area contributed by atoms with Gasteiger partial charge in [-0.15, -0.1) is 0 Å². The molecule has 0 saturated carbocycles. The van der Waals surface area contributed by atoms with Gasteiger partial charge in [-0.05, 0) is 37.5 Å². The normalized spacial score (nSPS) is 27.0. The van der Waals surface area contributed by atoms with E-state index in [1.54, 1.807) is 0 Å². The van der Waals surface area contributed by atoms with Gasteiger partial charge in [0.05, 0.1) is 12.0 Å². The summed E-state index contributed by atoms with van der Waals surface area (Å²) < 4.78 is 10.6. The zero-order valence-corrected chi connectivity index (χ0v) is 13.2. The lowest BCUT2D eigenvalue weighted by Crippen LogP contribution is -2.52. The summed E-state index contributed by atoms with van der Waals surface area (Å²) in [6, 6.07) is 5.63. The molecule has 3 rings (SSSR count). The number of carbonyl (C=O) groups is 1. The molecule has 1 amide bonds. The van der Waals surface area contributed by atoms with E-state index in [-0.39, 0.29) is 18.6 Å². The van der Waals surface area contributed by atoms with E-state index in [9.17, 15) is 9.90 Å². The highest BCUT2D eigenvalue weighted by atomic mass is 16.7. The lowest BCUT2D eigenvalue weighted by Gasteiger charge is -2.42. The van der Waals surface area contributed by atoms with Crippen LogP contribution in [0, 0.1) is 5.92 Å². The Hall–Kier alpha value is -1.75. The van der Waals surface area contributed by atoms with E-state index in [0.29, 0.717) is 31.7 Å². The van der Waals surface area contributed by atoms with Gasteiger partial charge in [0, 0.05) is 19.0 Å². The monoisotopic (exact) mass is 305 g/mol. The van der Waals surface area contributed by atoms with E-state index >= 15 is 0 Å². The Labute approximate surface area is 130 Å². The molecule has 0 bridgehead atoms. The average molecular weight is 305 g/mol. The van der Waals surface area contributed by atoms with Crippen LogP contribution in [0.5, 0.6) is 11.5 Å². The van der Waals surface area contributed by atoms with Gasteiger partial charge in [-0.25, -0.2) is 0 Å². The van der Waals surface area contributed by atoms with Crippen LogP contribution >= 0.6 is 0 Å². The second-order valence-corrected chi connectivity index (χ2v) is 6.42. The molecular formula is C17H23NO4. The smallest absolute Gasteiger partial charge is 0.231 e. The molecule has 5 nitrogen and oxygen atoms in total. The molecule has 0 aliphatic carbocycles. The highest BCUT2D eigenvalue weighted by Crippen LogP contribution is 2.33. The van der Waals surface area contributed by atoms with Crippen molar-refractivity contribution in [1.82, 2.24) is 4.90 Å². The molecule has 1 N–H and O–H groups in total. The van der Waals surface area contributed by atoms with Crippen LogP contribution < -0.4 is 9.47 Å². The van der Waals surface area contributed by atoms with E-state index in [0.717, 1.165) is 17.7 Å². The third kappa shape index (κ3) is 2.90. The van der Waals surface area contributed by atoms with Gasteiger partial charge in [0.15, 0.2) is 11.5 Å². The largest absolute Gasteiger partial charge is 0.454 e. The maximum Gasteiger partial charge on any atom is 0.231 e. The lowest BCUT2D eigenvalue weighted by atomic mass is 9.81. The molecule has 2 heterocycles. The third-order valence-electron chi connectivity index (χ3n) is 4.85. The number of hydrogen-bond acceptors (Lipinski definition) is 4. The minimum absolute atomic E-state index is 0.104. The summed E-state index contributed by atoms with van der Waals surface area (Å²) in [4.78, 5) is 14.4. The van der Waals surface area contributed by atoms with Crippen LogP contribution in [0.25, 0.3) is 0 Å². The molecule has 0 unspecified atom stereocenters. The van der Waals surface area contributed by atoms with Crippen LogP contribution in [0.2, 0.25) is 0 Å². The highest BCUT2D eigenvalue weighted by molar-refractivity contribution is 5.79. The number of aliphatic hydroxyl groups is 1. The molecule has 2 aliphatic heterocycles. The molecule has 0 aromatic heterocycles. The molecule has 1 fully saturated rings. The summed E-state index contributed by atoms with van der Waals surface area (Å²) in [6.07, 6.45) is 1.87. The molecule has 5 heteroatoms. The van der Waals surface area contributed by atoms with Crippen LogP contribution in [-0.2, 0) is 11.2 Å². The van der Waals surface area contributed by atoms with E-state index in [1.807, 2.05) is 30.0 Å². The van der Waals surface area contributed by atoms with Crippen LogP contribution in [0.15, 0.2) is 18.2 Å². The molecule has 2 atom stereocenters. The molecule has 0 spiro atoms. The fraction of sp³-hybridized carbons (Fsp3) is 0.588. The van der Waals surface area contributed by atoms with Crippen molar-refractivity contribution in [2.75, 3.05) is 19.9 Å². The van der Waals surface area contributed by atoms with Crippen molar-refractivity contribution >= 4 is 5.91 Å². The van der Waals surface area contributed by atoms with Crippen molar-refractivity contribution in [3.63, 3.8) is 0 Å². The first-order valence-corrected chi connectivity index (χ1v) is 7.88. The predicted molar refractivity (Wildman–Crippen MR) is 81.9 cm³/mol. The second kappa shape index (κ2) is 5.80. The Balaban J connectivity index is 1.65. The highest BCUT2D eigenvalue weighted by Gasteiger charge is 2.37. The maximum absolute atomic E-state index is 12.5. The number of hydrogen-bond donors (Lipinski definition) is 1. The molecule has 22 heavy (non-hydrogen) atoms. The predicted octanol–water partition coefficient (Wildman–Crippen LogP) is 1.97. The van der Waals surface area contributed by atoms with Gasteiger partial charge in [0.25, 0.3) is 0 Å². The summed E-state index contributed by atoms with van der Waals surface area (Å²) in [5, 5.41) is 10.4. The number of benzene rings is 1. The van der Waals surface area contributed by atoms with Crippen LogP contribution in [0.3, 0.4) is 0 Å². The average Bonchev–Trinajstić information content (AvgIpc) is 2.94. The number of carbonyl (C=O) groups excluding carboxylic acids is 1. The van der Waals surface area contributed by atoms with Crippen molar-refractivity contribution < 1.29 is 19.4 Å². The Morgan fingerprint density at radius 3 is 2.95 bits per heavy atom. The lowest BCUT2D eigenvalue weighted by molar-refractivity contribution is -0.138. The molecule has 120 valence electrons. The zero-order chi connectivity index (χ0) is 15.7. The van der Waals surface area contributed by atoms with Crippen LogP contribution in [0.4, 0.5) is 0 Å². The van der Waals surface area contributed by atoms with Crippen LogP contribution in [-0.4, -0.2) is 41.4 Å². The van der Waals surface area contributed by atoms with Gasteiger partial charge in [0.1, 0.15) is 0 Å². The molecule has 1 aromatic carbocycles. The first-order chi connectivity index (χ1) is 10.5. The van der Waals surface area contributed by atoms with Gasteiger partial charge >= 0.3 is 0 Å². The van der Waals surface area contributed by atoms with Crippen molar-refractivity contribution in [2.24, 2.45) is 5.92 Å². The molecule has 0 radical (unpaired) electrons. The molecular weight excluding hydrogens is 282 g/mol. The summed E-state index contributed by atoms with van der Waals surface area (Å²) in [5.74, 6) is 1.68. The number of rotatable bonds is 3. The fourth-order valence-corrected chi connectivity index (χ4v) is 3.25. The van der Waals surface area contributed by atoms with Crippen molar-refractivity contribution in [3.8, 4) is 11.5 Å². The van der Waals surface area contributed by atoms with Crippen molar-refractivity contribution in [3.05, 3.63) is 23.8 Å². The van der Waals surface area contributed by atoms with Gasteiger partial charge in [-0.2, -0.15) is 0 Å². The molecule has 2 aliphatic rings. The fourth-order valence-electron chi connectivity index (χ4n) is 3.25. The summed E-state index contributed by atoms with van der Waals surface area (Å²) in [5.41, 5.74) is 0.268. The first-order valence-electron chi connectivity index (χ1n) is 7.88. The summed E-state index contributed by atoms with van der Waals surface area (Å²) in [6.45, 7) is 5.43. The Morgan fingerprint density at radius 2 is 2.18 bits per heavy atom. The number of likely N-dealkylation sites (tertiary alicyclic amines) is 1. The van der Waals surface area contributed by atoms with Crippen LogP contribution in [0.1, 0.15) is 32.3 Å². The zero-order valence-electron chi connectivity index (χ0n) is 13.2.